The molecule has 1 unspecified atom stereocenters. The number of carbonyl (C=O) groups excluding carboxylic acids is 1. The van der Waals surface area contributed by atoms with Gasteiger partial charge in [0.2, 0.25) is 10.0 Å². The van der Waals surface area contributed by atoms with Crippen LogP contribution in [0.5, 0.6) is 0 Å². The maximum atomic E-state index is 13.0. The Kier molecular flexibility index (Phi) is 10.7. The van der Waals surface area contributed by atoms with Gasteiger partial charge in [0, 0.05) is 6.54 Å². The molecule has 11 nitrogen and oxygen atoms in total. The van der Waals surface area contributed by atoms with E-state index in [4.69, 9.17) is 23.2 Å². The van der Waals surface area contributed by atoms with Crippen molar-refractivity contribution in [3.05, 3.63) is 82.3 Å². The third-order valence-corrected chi connectivity index (χ3v) is 8.62. The van der Waals surface area contributed by atoms with E-state index in [0.717, 1.165) is 22.7 Å². The second-order valence-corrected chi connectivity index (χ2v) is 12.3. The first kappa shape index (κ1) is 32.3. The van der Waals surface area contributed by atoms with Crippen LogP contribution >= 0.6 is 23.2 Å². The molecule has 204 valence electrons. The number of hydrogen-bond donors (Lipinski definition) is 1. The number of halogens is 2. The summed E-state index contributed by atoms with van der Waals surface area (Å²) < 4.78 is 62.1. The molecule has 0 saturated heterocycles. The molecule has 1 aliphatic heterocycles. The topological polar surface area (TPSA) is 161 Å². The standard InChI is InChI=1S/C24H21Cl2N5O6S2.Na/c1-15-23(24(32)31(30-15)21-13-20(26)22(14-19(21)25)39(35,36)37)29-28-17-8-5-9-18(12-17)38(33,34)27-11-10-16-6-3-2-4-7-16;/h2-9,12-14,23,27H,10-11H2,1H3,(H,35,36,37);/q;+1/p-1. The first-order valence-corrected chi connectivity index (χ1v) is 14.9. The molecule has 1 amide bonds. The summed E-state index contributed by atoms with van der Waals surface area (Å²) in [5.74, 6) is -0.668. The Morgan fingerprint density at radius 2 is 1.70 bits per heavy atom. The molecule has 4 rings (SSSR count). The summed E-state index contributed by atoms with van der Waals surface area (Å²) in [6.07, 6.45) is 0.517. The van der Waals surface area contributed by atoms with Crippen LogP contribution in [-0.2, 0) is 31.4 Å². The number of rotatable bonds is 9. The predicted octanol–water partition coefficient (Wildman–Crippen LogP) is 1.30. The molecule has 1 heterocycles. The largest absolute Gasteiger partial charge is 1.00 e. The van der Waals surface area contributed by atoms with E-state index in [0.29, 0.717) is 6.42 Å². The van der Waals surface area contributed by atoms with Gasteiger partial charge < -0.3 is 4.55 Å². The summed E-state index contributed by atoms with van der Waals surface area (Å²) in [6, 6.07) is 15.9. The molecule has 3 aromatic rings. The Bertz CT molecular complexity index is 1700. The smallest absolute Gasteiger partial charge is 0.744 e. The van der Waals surface area contributed by atoms with Gasteiger partial charge in [-0.25, -0.2) is 21.6 Å². The number of nitrogens with zero attached hydrogens (tertiary/aromatic N) is 4. The molecule has 0 radical (unpaired) electrons. The Morgan fingerprint density at radius 3 is 2.38 bits per heavy atom. The fourth-order valence-corrected chi connectivity index (χ4v) is 6.01. The van der Waals surface area contributed by atoms with E-state index in [1.165, 1.54) is 31.2 Å². The normalized spacial score (nSPS) is 15.8. The van der Waals surface area contributed by atoms with Crippen molar-refractivity contribution in [2.75, 3.05) is 11.6 Å². The summed E-state index contributed by atoms with van der Waals surface area (Å²) in [4.78, 5) is 12.3. The van der Waals surface area contributed by atoms with E-state index in [9.17, 15) is 26.2 Å². The molecule has 0 saturated carbocycles. The molecule has 0 spiro atoms. The summed E-state index contributed by atoms with van der Waals surface area (Å²) in [6.45, 7) is 1.72. The van der Waals surface area contributed by atoms with Crippen LogP contribution in [-0.4, -0.2) is 45.6 Å². The first-order chi connectivity index (χ1) is 18.4. The number of nitrogens with one attached hydrogen (secondary N) is 1. The molecule has 1 aliphatic rings. The van der Waals surface area contributed by atoms with Gasteiger partial charge in [-0.3, -0.25) is 4.79 Å². The Hall–Kier alpha value is -2.20. The van der Waals surface area contributed by atoms with Gasteiger partial charge in [-0.15, -0.1) is 0 Å². The van der Waals surface area contributed by atoms with E-state index in [1.54, 1.807) is 0 Å². The van der Waals surface area contributed by atoms with Crippen molar-refractivity contribution in [1.82, 2.24) is 4.72 Å². The van der Waals surface area contributed by atoms with Gasteiger partial charge in [-0.1, -0.05) is 59.6 Å². The zero-order chi connectivity index (χ0) is 28.4. The van der Waals surface area contributed by atoms with Gasteiger partial charge in [0.25, 0.3) is 5.91 Å². The van der Waals surface area contributed by atoms with Gasteiger partial charge in [-0.05, 0) is 49.2 Å². The molecule has 0 aromatic heterocycles. The zero-order valence-electron chi connectivity index (χ0n) is 21.2. The van der Waals surface area contributed by atoms with Crippen LogP contribution < -0.4 is 39.3 Å². The van der Waals surface area contributed by atoms with Crippen LogP contribution in [0.15, 0.2) is 91.9 Å². The maximum Gasteiger partial charge on any atom is 1.00 e. The minimum Gasteiger partial charge on any atom is -0.744 e. The van der Waals surface area contributed by atoms with E-state index in [1.807, 2.05) is 30.3 Å². The van der Waals surface area contributed by atoms with Crippen molar-refractivity contribution in [2.45, 2.75) is 29.2 Å². The molecule has 1 atom stereocenters. The van der Waals surface area contributed by atoms with Crippen molar-refractivity contribution in [3.8, 4) is 0 Å². The fourth-order valence-electron chi connectivity index (χ4n) is 3.63. The molecule has 40 heavy (non-hydrogen) atoms. The quantitative estimate of drug-likeness (QED) is 0.213. The summed E-state index contributed by atoms with van der Waals surface area (Å²) in [7, 11) is -8.71. The van der Waals surface area contributed by atoms with E-state index >= 15 is 0 Å². The molecule has 0 aliphatic carbocycles. The molecule has 16 heteroatoms. The number of amides is 1. The van der Waals surface area contributed by atoms with Crippen LogP contribution in [0, 0.1) is 0 Å². The number of anilines is 1. The predicted molar refractivity (Wildman–Crippen MR) is 145 cm³/mol. The molecular formula is C24H20Cl2N5NaO6S2. The van der Waals surface area contributed by atoms with Crippen LogP contribution in [0.25, 0.3) is 0 Å². The number of carbonyl (C=O) groups is 1. The summed E-state index contributed by atoms with van der Waals surface area (Å²) >= 11 is 12.0. The van der Waals surface area contributed by atoms with Gasteiger partial charge in [0.15, 0.2) is 6.04 Å². The van der Waals surface area contributed by atoms with Crippen LogP contribution in [0.2, 0.25) is 10.0 Å². The zero-order valence-corrected chi connectivity index (χ0v) is 26.3. The van der Waals surface area contributed by atoms with Crippen LogP contribution in [0.4, 0.5) is 11.4 Å². The summed E-state index contributed by atoms with van der Waals surface area (Å²) in [5, 5.41) is 12.4. The number of hydrazone groups is 1. The van der Waals surface area contributed by atoms with Crippen molar-refractivity contribution in [1.29, 1.82) is 0 Å². The van der Waals surface area contributed by atoms with Crippen molar-refractivity contribution < 1.29 is 55.7 Å². The average Bonchev–Trinajstić information content (AvgIpc) is 3.16. The van der Waals surface area contributed by atoms with E-state index < -0.39 is 42.0 Å². The van der Waals surface area contributed by atoms with Crippen molar-refractivity contribution in [3.63, 3.8) is 0 Å². The minimum atomic E-state index is -4.89. The number of benzene rings is 3. The van der Waals surface area contributed by atoms with Crippen molar-refractivity contribution >= 4 is 66.3 Å². The second-order valence-electron chi connectivity index (χ2n) is 8.33. The number of azo groups is 1. The van der Waals surface area contributed by atoms with Gasteiger partial charge in [0.1, 0.15) is 10.1 Å². The number of sulfonamides is 1. The molecule has 0 fully saturated rings. The Labute approximate surface area is 263 Å². The second kappa shape index (κ2) is 13.2. The molecule has 3 aromatic carbocycles. The third-order valence-electron chi connectivity index (χ3n) is 5.56. The van der Waals surface area contributed by atoms with Gasteiger partial charge in [0.05, 0.1) is 36.9 Å². The average molecular weight is 632 g/mol. The molecule has 0 bridgehead atoms. The first-order valence-electron chi connectivity index (χ1n) is 11.3. The van der Waals surface area contributed by atoms with E-state index in [-0.39, 0.29) is 63.1 Å². The van der Waals surface area contributed by atoms with Crippen LogP contribution in [0.3, 0.4) is 0 Å². The van der Waals surface area contributed by atoms with Crippen LogP contribution in [0.1, 0.15) is 12.5 Å². The maximum absolute atomic E-state index is 13.0. The molecule has 1 N–H and O–H groups in total. The summed E-state index contributed by atoms with van der Waals surface area (Å²) in [5.41, 5.74) is 1.37. The Morgan fingerprint density at radius 1 is 1.00 bits per heavy atom. The van der Waals surface area contributed by atoms with E-state index in [2.05, 4.69) is 20.1 Å². The van der Waals surface area contributed by atoms with Gasteiger partial charge in [-0.2, -0.15) is 20.3 Å². The molecular weight excluding hydrogens is 612 g/mol. The minimum absolute atomic E-state index is 0. The monoisotopic (exact) mass is 631 g/mol. The number of hydrogen-bond acceptors (Lipinski definition) is 9. The SMILES string of the molecule is CC1=NN(c2cc(Cl)c(S(=O)(=O)[O-])cc2Cl)C(=O)C1N=Nc1cccc(S(=O)(=O)NCCc2ccccc2)c1.[Na+]. The van der Waals surface area contributed by atoms with Gasteiger partial charge >= 0.3 is 29.6 Å². The Balaban J connectivity index is 0.00000441. The fraction of sp³-hybridized carbons (Fsp3) is 0.167. The van der Waals surface area contributed by atoms with Crippen molar-refractivity contribution in [2.24, 2.45) is 15.3 Å². The third kappa shape index (κ3) is 7.55.